The molecule has 108 valence electrons. The molecule has 0 saturated carbocycles. The summed E-state index contributed by atoms with van der Waals surface area (Å²) < 4.78 is 0. The third-order valence-electron chi connectivity index (χ3n) is 3.30. The smallest absolute Gasteiger partial charge is 0.269 e. The molecule has 1 aliphatic rings. The molecule has 2 rings (SSSR count). The molecule has 7 nitrogen and oxygen atoms in total. The van der Waals surface area contributed by atoms with Crippen LogP contribution in [-0.4, -0.2) is 47.0 Å². The van der Waals surface area contributed by atoms with E-state index in [0.29, 0.717) is 38.2 Å². The van der Waals surface area contributed by atoms with E-state index in [4.69, 9.17) is 0 Å². The predicted molar refractivity (Wildman–Crippen MR) is 72.1 cm³/mol. The van der Waals surface area contributed by atoms with Gasteiger partial charge in [-0.3, -0.25) is 19.8 Å². The van der Waals surface area contributed by atoms with Crippen LogP contribution in [0.25, 0.3) is 0 Å². The quantitative estimate of drug-likeness (QED) is 0.616. The van der Waals surface area contributed by atoms with Crippen molar-refractivity contribution < 1.29 is 14.8 Å². The van der Waals surface area contributed by atoms with E-state index in [2.05, 4.69) is 5.32 Å². The molecule has 0 radical (unpaired) electrons. The third-order valence-corrected chi connectivity index (χ3v) is 3.30. The molecule has 1 saturated heterocycles. The van der Waals surface area contributed by atoms with Gasteiger partial charge in [0.2, 0.25) is 5.91 Å². The van der Waals surface area contributed by atoms with Crippen molar-refractivity contribution in [3.8, 4) is 0 Å². The van der Waals surface area contributed by atoms with Crippen LogP contribution in [0.5, 0.6) is 0 Å². The second kappa shape index (κ2) is 6.44. The first-order chi connectivity index (χ1) is 9.56. The fourth-order valence-electron chi connectivity index (χ4n) is 2.19. The lowest BCUT2D eigenvalue weighted by molar-refractivity contribution is -0.385. The van der Waals surface area contributed by atoms with E-state index in [1.165, 1.54) is 12.1 Å². The van der Waals surface area contributed by atoms with Crippen LogP contribution in [0.4, 0.5) is 5.69 Å². The van der Waals surface area contributed by atoms with Crippen LogP contribution in [0.3, 0.4) is 0 Å². The van der Waals surface area contributed by atoms with Gasteiger partial charge in [-0.1, -0.05) is 12.1 Å². The lowest BCUT2D eigenvalue weighted by atomic mass is 10.1. The second-order valence-corrected chi connectivity index (χ2v) is 4.77. The Morgan fingerprint density at radius 3 is 3.00 bits per heavy atom. The number of nitrogens with one attached hydrogen (secondary N) is 1. The molecule has 1 heterocycles. The van der Waals surface area contributed by atoms with Crippen molar-refractivity contribution in [2.75, 3.05) is 26.2 Å². The Labute approximate surface area is 116 Å². The highest BCUT2D eigenvalue weighted by Gasteiger charge is 2.18. The van der Waals surface area contributed by atoms with E-state index in [9.17, 15) is 20.0 Å². The molecule has 0 aliphatic carbocycles. The number of nitro groups is 1. The zero-order valence-electron chi connectivity index (χ0n) is 11.0. The number of carbonyl (C=O) groups is 1. The molecule has 7 heteroatoms. The number of rotatable bonds is 4. The highest BCUT2D eigenvalue weighted by Crippen LogP contribution is 2.20. The number of amides is 1. The average Bonchev–Trinajstić information content (AvgIpc) is 2.64. The summed E-state index contributed by atoms with van der Waals surface area (Å²) in [4.78, 5) is 23.4. The maximum atomic E-state index is 11.2. The van der Waals surface area contributed by atoms with E-state index in [-0.39, 0.29) is 11.6 Å². The third kappa shape index (κ3) is 3.75. The van der Waals surface area contributed by atoms with Gasteiger partial charge in [0.1, 0.15) is 0 Å². The zero-order chi connectivity index (χ0) is 14.5. The minimum absolute atomic E-state index is 0.0114. The van der Waals surface area contributed by atoms with Crippen molar-refractivity contribution in [3.63, 3.8) is 0 Å². The van der Waals surface area contributed by atoms with E-state index in [1.807, 2.05) is 4.90 Å². The lowest BCUT2D eigenvalue weighted by Crippen LogP contribution is -2.32. The van der Waals surface area contributed by atoms with Gasteiger partial charge in [-0.2, -0.15) is 0 Å². The van der Waals surface area contributed by atoms with E-state index in [0.717, 1.165) is 0 Å². The van der Waals surface area contributed by atoms with Crippen molar-refractivity contribution in [3.05, 3.63) is 39.9 Å². The van der Waals surface area contributed by atoms with Gasteiger partial charge in [0.05, 0.1) is 11.0 Å². The molecule has 1 aromatic rings. The van der Waals surface area contributed by atoms with Gasteiger partial charge in [0.15, 0.2) is 0 Å². The molecule has 1 aromatic carbocycles. The summed E-state index contributed by atoms with van der Waals surface area (Å²) in [5.41, 5.74) is 0.483. The monoisotopic (exact) mass is 279 g/mol. The van der Waals surface area contributed by atoms with Crippen LogP contribution in [0.1, 0.15) is 18.1 Å². The molecule has 1 aliphatic heterocycles. The first-order valence-corrected chi connectivity index (χ1v) is 6.48. The number of β-amino-alcohol motifs (C(OH)–C–C–N with tert-alkyl or cyclic N) is 1. The Hall–Kier alpha value is -1.99. The van der Waals surface area contributed by atoms with Gasteiger partial charge in [0.25, 0.3) is 5.69 Å². The van der Waals surface area contributed by atoms with Crippen LogP contribution >= 0.6 is 0 Å². The molecular formula is C13H17N3O4. The van der Waals surface area contributed by atoms with Gasteiger partial charge in [-0.25, -0.2) is 0 Å². The molecule has 0 spiro atoms. The van der Waals surface area contributed by atoms with E-state index < -0.39 is 11.0 Å². The molecular weight excluding hydrogens is 262 g/mol. The van der Waals surface area contributed by atoms with Gasteiger partial charge >= 0.3 is 0 Å². The SMILES string of the molecule is O=C1CCN(CC(O)c2cccc([N+](=O)[O-])c2)CCN1. The largest absolute Gasteiger partial charge is 0.387 e. The van der Waals surface area contributed by atoms with E-state index >= 15 is 0 Å². The predicted octanol–water partition coefficient (Wildman–Crippen LogP) is 0.450. The minimum atomic E-state index is -0.803. The standard InChI is InChI=1S/C13H17N3O4/c17-12(9-15-6-4-13(18)14-5-7-15)10-2-1-3-11(8-10)16(19)20/h1-3,8,12,17H,4-7,9H2,(H,14,18). The van der Waals surface area contributed by atoms with Crippen molar-refractivity contribution in [1.29, 1.82) is 0 Å². The summed E-state index contributed by atoms with van der Waals surface area (Å²) in [7, 11) is 0. The number of carbonyl (C=O) groups excluding carboxylic acids is 1. The van der Waals surface area contributed by atoms with Crippen molar-refractivity contribution in [2.24, 2.45) is 0 Å². The molecule has 20 heavy (non-hydrogen) atoms. The van der Waals surface area contributed by atoms with Crippen LogP contribution in [0.2, 0.25) is 0 Å². The first-order valence-electron chi connectivity index (χ1n) is 6.48. The number of nitro benzene ring substituents is 1. The highest BCUT2D eigenvalue weighted by molar-refractivity contribution is 5.76. The first kappa shape index (κ1) is 14.4. The number of nitrogens with zero attached hydrogens (tertiary/aromatic N) is 2. The zero-order valence-corrected chi connectivity index (χ0v) is 11.0. The Morgan fingerprint density at radius 1 is 1.45 bits per heavy atom. The minimum Gasteiger partial charge on any atom is -0.387 e. The summed E-state index contributed by atoms with van der Waals surface area (Å²) in [5.74, 6) is 0.0114. The molecule has 1 fully saturated rings. The average molecular weight is 279 g/mol. The molecule has 1 unspecified atom stereocenters. The molecule has 0 bridgehead atoms. The van der Waals surface area contributed by atoms with Gasteiger partial charge < -0.3 is 10.4 Å². The number of aliphatic hydroxyl groups is 1. The van der Waals surface area contributed by atoms with Crippen LogP contribution in [-0.2, 0) is 4.79 Å². The Kier molecular flexibility index (Phi) is 4.65. The van der Waals surface area contributed by atoms with E-state index in [1.54, 1.807) is 12.1 Å². The maximum Gasteiger partial charge on any atom is 0.269 e. The molecule has 0 aromatic heterocycles. The molecule has 1 amide bonds. The number of aliphatic hydroxyl groups excluding tert-OH is 1. The Balaban J connectivity index is 2.00. The summed E-state index contributed by atoms with van der Waals surface area (Å²) >= 11 is 0. The number of hydrogen-bond donors (Lipinski definition) is 2. The summed E-state index contributed by atoms with van der Waals surface area (Å²) in [6.07, 6.45) is -0.398. The summed E-state index contributed by atoms with van der Waals surface area (Å²) in [6, 6.07) is 6.00. The normalized spacial score (nSPS) is 18.1. The summed E-state index contributed by atoms with van der Waals surface area (Å²) in [5, 5.41) is 23.6. The Morgan fingerprint density at radius 2 is 2.25 bits per heavy atom. The number of hydrogen-bond acceptors (Lipinski definition) is 5. The van der Waals surface area contributed by atoms with Gasteiger partial charge in [0, 0.05) is 44.7 Å². The van der Waals surface area contributed by atoms with Crippen LogP contribution in [0, 0.1) is 10.1 Å². The van der Waals surface area contributed by atoms with Crippen LogP contribution < -0.4 is 5.32 Å². The van der Waals surface area contributed by atoms with Crippen LogP contribution in [0.15, 0.2) is 24.3 Å². The summed E-state index contributed by atoms with van der Waals surface area (Å²) in [6.45, 7) is 2.16. The highest BCUT2D eigenvalue weighted by atomic mass is 16.6. The molecule has 1 atom stereocenters. The Bertz CT molecular complexity index is 506. The second-order valence-electron chi connectivity index (χ2n) is 4.77. The number of non-ortho nitro benzene ring substituents is 1. The van der Waals surface area contributed by atoms with Gasteiger partial charge in [-0.05, 0) is 5.56 Å². The fourth-order valence-corrected chi connectivity index (χ4v) is 2.19. The van der Waals surface area contributed by atoms with Gasteiger partial charge in [-0.15, -0.1) is 0 Å². The number of benzene rings is 1. The van der Waals surface area contributed by atoms with Crippen molar-refractivity contribution in [2.45, 2.75) is 12.5 Å². The lowest BCUT2D eigenvalue weighted by Gasteiger charge is -2.22. The van der Waals surface area contributed by atoms with Crippen molar-refractivity contribution in [1.82, 2.24) is 10.2 Å². The molecule has 2 N–H and O–H groups in total. The fraction of sp³-hybridized carbons (Fsp3) is 0.462. The maximum absolute atomic E-state index is 11.2. The topological polar surface area (TPSA) is 95.7 Å². The van der Waals surface area contributed by atoms with Crippen molar-refractivity contribution >= 4 is 11.6 Å².